The maximum absolute atomic E-state index is 12.8. The van der Waals surface area contributed by atoms with Crippen LogP contribution in [0.15, 0.2) is 24.3 Å². The van der Waals surface area contributed by atoms with Crippen LogP contribution in [0.25, 0.3) is 0 Å². The predicted octanol–water partition coefficient (Wildman–Crippen LogP) is 4.79. The Morgan fingerprint density at radius 3 is 1.60 bits per heavy atom. The molecule has 0 amide bonds. The molecule has 0 bridgehead atoms. The van der Waals surface area contributed by atoms with Gasteiger partial charge in [0.2, 0.25) is 0 Å². The highest BCUT2D eigenvalue weighted by atomic mass is 28.4. The average Bonchev–Trinajstić information content (AvgIpc) is 2.85. The van der Waals surface area contributed by atoms with E-state index in [1.54, 1.807) is 48.0 Å². The van der Waals surface area contributed by atoms with Crippen LogP contribution in [-0.4, -0.2) is 105 Å². The summed E-state index contributed by atoms with van der Waals surface area (Å²) in [5.41, 5.74) is -0.650. The first kappa shape index (κ1) is 40.4. The molecule has 0 spiro atoms. The summed E-state index contributed by atoms with van der Waals surface area (Å²) < 4.78 is 49.8. The number of hydrogen-bond acceptors (Lipinski definition) is 11. The summed E-state index contributed by atoms with van der Waals surface area (Å²) in [4.78, 5) is 25.0. The Kier molecular flexibility index (Phi) is 19.5. The third-order valence-corrected chi connectivity index (χ3v) is 10.9. The van der Waals surface area contributed by atoms with Crippen molar-refractivity contribution in [1.29, 1.82) is 0 Å². The van der Waals surface area contributed by atoms with Gasteiger partial charge in [-0.2, -0.15) is 0 Å². The quantitative estimate of drug-likeness (QED) is 0.0579. The van der Waals surface area contributed by atoms with Crippen LogP contribution in [0.1, 0.15) is 55.4 Å². The minimum absolute atomic E-state index is 0.00344. The summed E-state index contributed by atoms with van der Waals surface area (Å²) in [6.07, 6.45) is 3.17. The Bertz CT molecular complexity index is 815. The molecule has 0 unspecified atom stereocenters. The summed E-state index contributed by atoms with van der Waals surface area (Å²) in [6.45, 7) is 21.1. The van der Waals surface area contributed by atoms with Gasteiger partial charge in [0.15, 0.2) is 8.32 Å². The highest BCUT2D eigenvalue weighted by Gasteiger charge is 2.39. The molecule has 0 heterocycles. The lowest BCUT2D eigenvalue weighted by Crippen LogP contribution is -2.46. The molecule has 42 heavy (non-hydrogen) atoms. The molecule has 0 aromatic carbocycles. The van der Waals surface area contributed by atoms with E-state index in [1.165, 1.54) is 18.2 Å². The van der Waals surface area contributed by atoms with Crippen molar-refractivity contribution in [1.82, 2.24) is 0 Å². The smallest absolute Gasteiger partial charge is 0.331 e. The van der Waals surface area contributed by atoms with Crippen molar-refractivity contribution in [3.05, 3.63) is 24.3 Å². The Morgan fingerprint density at radius 2 is 1.17 bits per heavy atom. The number of ether oxygens (including phenoxy) is 8. The molecule has 246 valence electrons. The predicted molar refractivity (Wildman–Crippen MR) is 163 cm³/mol. The van der Waals surface area contributed by atoms with E-state index in [0.717, 1.165) is 0 Å². The number of rotatable bonds is 21. The maximum atomic E-state index is 12.8. The van der Waals surface area contributed by atoms with Gasteiger partial charge in [0.1, 0.15) is 37.5 Å². The molecule has 0 aliphatic heterocycles. The molecule has 11 nitrogen and oxygen atoms in total. The van der Waals surface area contributed by atoms with Crippen molar-refractivity contribution in [3.8, 4) is 0 Å². The summed E-state index contributed by atoms with van der Waals surface area (Å²) in [7, 11) is 1.04. The van der Waals surface area contributed by atoms with E-state index >= 15 is 0 Å². The van der Waals surface area contributed by atoms with Crippen LogP contribution >= 0.6 is 0 Å². The Balaban J connectivity index is 5.53. The molecule has 0 N–H and O–H groups in total. The highest BCUT2D eigenvalue weighted by Crippen LogP contribution is 2.37. The Hall–Kier alpha value is -1.64. The summed E-state index contributed by atoms with van der Waals surface area (Å²) in [5, 5.41) is -0.00599. The van der Waals surface area contributed by atoms with E-state index in [2.05, 4.69) is 33.9 Å². The second-order valence-corrected chi connectivity index (χ2v) is 17.0. The zero-order valence-corrected chi connectivity index (χ0v) is 28.9. The first-order valence-corrected chi connectivity index (χ1v) is 17.2. The van der Waals surface area contributed by atoms with Gasteiger partial charge in [0.05, 0.1) is 32.5 Å². The van der Waals surface area contributed by atoms with E-state index in [0.29, 0.717) is 26.4 Å². The van der Waals surface area contributed by atoms with Crippen LogP contribution in [0.4, 0.5) is 0 Å². The lowest BCUT2D eigenvalue weighted by Gasteiger charge is -2.39. The number of carbonyl (C=O) groups is 2. The van der Waals surface area contributed by atoms with Crippen molar-refractivity contribution >= 4 is 20.3 Å². The Morgan fingerprint density at radius 1 is 0.714 bits per heavy atom. The zero-order chi connectivity index (χ0) is 32.4. The van der Waals surface area contributed by atoms with Crippen LogP contribution in [0.3, 0.4) is 0 Å². The van der Waals surface area contributed by atoms with Crippen LogP contribution in [0.2, 0.25) is 18.1 Å². The summed E-state index contributed by atoms with van der Waals surface area (Å²) >= 11 is 0. The van der Waals surface area contributed by atoms with Crippen molar-refractivity contribution in [2.45, 2.75) is 104 Å². The fraction of sp³-hybridized carbons (Fsp3) is 0.800. The molecule has 0 saturated heterocycles. The lowest BCUT2D eigenvalue weighted by molar-refractivity contribution is -0.155. The molecule has 0 aromatic heterocycles. The molecule has 0 radical (unpaired) electrons. The minimum Gasteiger partial charge on any atom is -0.457 e. The van der Waals surface area contributed by atoms with Crippen molar-refractivity contribution in [2.24, 2.45) is 0 Å². The van der Waals surface area contributed by atoms with Gasteiger partial charge in [0, 0.05) is 26.4 Å². The molecule has 0 aliphatic carbocycles. The SMILES string of the molecule is COCCOCO[C@H](/C=C/C(=O)OC(C)(C)C)[C@H](C)OC(=O)/C=C/[C@@H](OCOCCOC)[C@H](C)O[Si](C)(C)C(C)(C)C. The molecule has 0 aromatic rings. The number of esters is 2. The van der Waals surface area contributed by atoms with Crippen LogP contribution in [-0.2, 0) is 51.9 Å². The average molecular weight is 621 g/mol. The molecule has 12 heteroatoms. The molecule has 0 fully saturated rings. The summed E-state index contributed by atoms with van der Waals surface area (Å²) in [5.74, 6) is -1.16. The number of hydrogen-bond donors (Lipinski definition) is 0. The topological polar surface area (TPSA) is 117 Å². The van der Waals surface area contributed by atoms with E-state index in [4.69, 9.17) is 42.3 Å². The van der Waals surface area contributed by atoms with Crippen molar-refractivity contribution < 1.29 is 51.9 Å². The van der Waals surface area contributed by atoms with Crippen LogP contribution in [0.5, 0.6) is 0 Å². The third-order valence-electron chi connectivity index (χ3n) is 6.32. The first-order chi connectivity index (χ1) is 19.4. The second kappa shape index (κ2) is 20.3. The van der Waals surface area contributed by atoms with Crippen LogP contribution < -0.4 is 0 Å². The fourth-order valence-corrected chi connectivity index (χ4v) is 4.45. The molecule has 4 atom stereocenters. The largest absolute Gasteiger partial charge is 0.457 e. The normalized spacial score (nSPS) is 16.0. The van der Waals surface area contributed by atoms with Gasteiger partial charge in [-0.15, -0.1) is 0 Å². The van der Waals surface area contributed by atoms with Gasteiger partial charge in [-0.1, -0.05) is 20.8 Å². The molecule has 0 saturated carbocycles. The number of methoxy groups -OCH3 is 2. The van der Waals surface area contributed by atoms with Gasteiger partial charge in [-0.3, -0.25) is 0 Å². The minimum atomic E-state index is -2.12. The van der Waals surface area contributed by atoms with Crippen molar-refractivity contribution in [2.75, 3.05) is 54.2 Å². The molecule has 0 rings (SSSR count). The standard InChI is InChI=1S/C30H56O11Si/c1-23(25(37-21-35-19-17-33-9)14-16-28(32)40-29(3,4)5)39-27(31)15-13-26(38-22-36-20-18-34-10)24(2)41-42(11,12)30(6,7)8/h13-16,23-26H,17-22H2,1-12H3/b15-13+,16-14+/t23-,24-,25+,26+/m0/s1. The van der Waals surface area contributed by atoms with Gasteiger partial charge in [0.25, 0.3) is 0 Å². The molecular weight excluding hydrogens is 564 g/mol. The van der Waals surface area contributed by atoms with E-state index in [9.17, 15) is 9.59 Å². The lowest BCUT2D eigenvalue weighted by atomic mass is 10.2. The Labute approximate surface area is 254 Å². The van der Waals surface area contributed by atoms with Crippen LogP contribution in [0, 0.1) is 0 Å². The zero-order valence-electron chi connectivity index (χ0n) is 27.9. The van der Waals surface area contributed by atoms with Gasteiger partial charge >= 0.3 is 11.9 Å². The highest BCUT2D eigenvalue weighted by molar-refractivity contribution is 6.74. The van der Waals surface area contributed by atoms with Gasteiger partial charge < -0.3 is 42.3 Å². The van der Waals surface area contributed by atoms with E-state index in [1.807, 2.05) is 6.92 Å². The fourth-order valence-electron chi connectivity index (χ4n) is 3.03. The third kappa shape index (κ3) is 18.8. The van der Waals surface area contributed by atoms with E-state index in [-0.39, 0.29) is 24.7 Å². The number of carbonyl (C=O) groups excluding carboxylic acids is 2. The van der Waals surface area contributed by atoms with Gasteiger partial charge in [-0.25, -0.2) is 9.59 Å². The monoisotopic (exact) mass is 620 g/mol. The summed E-state index contributed by atoms with van der Waals surface area (Å²) in [6, 6.07) is 0. The second-order valence-electron chi connectivity index (χ2n) is 12.3. The maximum Gasteiger partial charge on any atom is 0.331 e. The molecule has 0 aliphatic rings. The van der Waals surface area contributed by atoms with Crippen molar-refractivity contribution in [3.63, 3.8) is 0 Å². The van der Waals surface area contributed by atoms with E-state index < -0.39 is 44.2 Å². The molecular formula is C30H56O11Si. The first-order valence-electron chi connectivity index (χ1n) is 14.3. The van der Waals surface area contributed by atoms with Gasteiger partial charge in [-0.05, 0) is 64.9 Å².